The lowest BCUT2D eigenvalue weighted by molar-refractivity contribution is -0.117. The molecule has 5 rings (SSSR count). The average Bonchev–Trinajstić information content (AvgIpc) is 3.38. The van der Waals surface area contributed by atoms with Crippen LogP contribution in [0.2, 0.25) is 0 Å². The summed E-state index contributed by atoms with van der Waals surface area (Å²) in [7, 11) is 1.65. The number of benzene rings is 2. The number of fused-ring (bicyclic) bond motifs is 3. The van der Waals surface area contributed by atoms with E-state index in [1.165, 1.54) is 5.01 Å². The van der Waals surface area contributed by atoms with Gasteiger partial charge in [0.15, 0.2) is 0 Å². The number of rotatable bonds is 5. The standard InChI is InChI=1S/C24H28N6O3/c1-15-5-4-6-19(16(15)2)25-22(31)14-30-24(32)28-11-12-29-21(23(28)27-30)13-20(26-29)17-7-9-18(33-3)10-8-17/h4-12,20-21,23,26-27H,13-14H2,1-3H3,(H,25,31). The fourth-order valence-corrected chi connectivity index (χ4v) is 4.61. The van der Waals surface area contributed by atoms with Gasteiger partial charge in [0.25, 0.3) is 0 Å². The highest BCUT2D eigenvalue weighted by Crippen LogP contribution is 2.35. The van der Waals surface area contributed by atoms with Crippen LogP contribution in [0.15, 0.2) is 54.9 Å². The van der Waals surface area contributed by atoms with Gasteiger partial charge >= 0.3 is 6.03 Å². The maximum atomic E-state index is 13.0. The minimum absolute atomic E-state index is 0.0260. The Hall–Kier alpha value is -3.56. The number of ether oxygens (including phenoxy) is 1. The number of aryl methyl sites for hydroxylation is 1. The number of hydrazine groups is 2. The topological polar surface area (TPSA) is 89.2 Å². The van der Waals surface area contributed by atoms with Crippen LogP contribution in [0.1, 0.15) is 29.2 Å². The molecule has 2 aromatic carbocycles. The minimum atomic E-state index is -0.258. The molecule has 0 aromatic heterocycles. The number of urea groups is 1. The molecule has 172 valence electrons. The van der Waals surface area contributed by atoms with Gasteiger partial charge in [-0.2, -0.15) is 0 Å². The summed E-state index contributed by atoms with van der Waals surface area (Å²) in [5, 5.41) is 6.35. The van der Waals surface area contributed by atoms with E-state index in [-0.39, 0.29) is 36.7 Å². The smallest absolute Gasteiger partial charge is 0.340 e. The van der Waals surface area contributed by atoms with Gasteiger partial charge in [0.1, 0.15) is 18.5 Å². The van der Waals surface area contributed by atoms with Crippen molar-refractivity contribution in [1.82, 2.24) is 25.8 Å². The lowest BCUT2D eigenvalue weighted by atomic mass is 10.00. The normalized spacial score (nSPS) is 23.5. The molecule has 3 unspecified atom stereocenters. The lowest BCUT2D eigenvalue weighted by Gasteiger charge is -2.34. The number of nitrogens with one attached hydrogen (secondary N) is 3. The second-order valence-electron chi connectivity index (χ2n) is 8.61. The van der Waals surface area contributed by atoms with Gasteiger partial charge in [-0.1, -0.05) is 24.3 Å². The zero-order valence-electron chi connectivity index (χ0n) is 18.9. The summed E-state index contributed by atoms with van der Waals surface area (Å²) in [5.74, 6) is 0.573. The molecule has 3 aliphatic heterocycles. The number of methoxy groups -OCH3 is 1. The maximum Gasteiger partial charge on any atom is 0.340 e. The minimum Gasteiger partial charge on any atom is -0.497 e. The van der Waals surface area contributed by atoms with Crippen molar-refractivity contribution in [2.24, 2.45) is 0 Å². The van der Waals surface area contributed by atoms with E-state index in [1.54, 1.807) is 18.2 Å². The number of amides is 3. The fourth-order valence-electron chi connectivity index (χ4n) is 4.61. The third kappa shape index (κ3) is 3.90. The molecular weight excluding hydrogens is 420 g/mol. The molecule has 0 aliphatic carbocycles. The molecule has 3 N–H and O–H groups in total. The summed E-state index contributed by atoms with van der Waals surface area (Å²) in [5.41, 5.74) is 10.8. The number of anilines is 1. The Bertz CT molecular complexity index is 1100. The van der Waals surface area contributed by atoms with Crippen LogP contribution in [0.25, 0.3) is 0 Å². The van der Waals surface area contributed by atoms with Gasteiger partial charge in [0, 0.05) is 18.1 Å². The summed E-state index contributed by atoms with van der Waals surface area (Å²) in [6.07, 6.45) is 4.18. The molecule has 3 heterocycles. The first-order valence-corrected chi connectivity index (χ1v) is 11.0. The Labute approximate surface area is 192 Å². The number of hydrogen-bond acceptors (Lipinski definition) is 6. The van der Waals surface area contributed by atoms with Gasteiger partial charge in [-0.3, -0.25) is 9.69 Å². The summed E-state index contributed by atoms with van der Waals surface area (Å²) in [6.45, 7) is 3.90. The molecule has 33 heavy (non-hydrogen) atoms. The van der Waals surface area contributed by atoms with Crippen LogP contribution in [-0.2, 0) is 4.79 Å². The van der Waals surface area contributed by atoms with Crippen molar-refractivity contribution in [2.45, 2.75) is 38.5 Å². The van der Waals surface area contributed by atoms with Gasteiger partial charge in [0.05, 0.1) is 19.2 Å². The molecule has 9 nitrogen and oxygen atoms in total. The lowest BCUT2D eigenvalue weighted by Crippen LogP contribution is -2.54. The van der Waals surface area contributed by atoms with Crippen molar-refractivity contribution in [3.63, 3.8) is 0 Å². The second-order valence-corrected chi connectivity index (χ2v) is 8.61. The molecule has 9 heteroatoms. The van der Waals surface area contributed by atoms with Crippen LogP contribution in [0.5, 0.6) is 5.75 Å². The first-order valence-electron chi connectivity index (χ1n) is 11.0. The molecule has 3 aliphatic rings. The van der Waals surface area contributed by atoms with E-state index in [2.05, 4.69) is 16.2 Å². The van der Waals surface area contributed by atoms with Crippen LogP contribution in [-0.4, -0.2) is 52.7 Å². The monoisotopic (exact) mass is 448 g/mol. The number of carbonyl (C=O) groups excluding carboxylic acids is 2. The van der Waals surface area contributed by atoms with E-state index in [9.17, 15) is 9.59 Å². The second kappa shape index (κ2) is 8.42. The van der Waals surface area contributed by atoms with Crippen LogP contribution < -0.4 is 20.9 Å². The quantitative estimate of drug-likeness (QED) is 0.652. The van der Waals surface area contributed by atoms with Gasteiger partial charge in [-0.25, -0.2) is 20.7 Å². The van der Waals surface area contributed by atoms with Crippen molar-refractivity contribution in [2.75, 3.05) is 19.0 Å². The van der Waals surface area contributed by atoms with Gasteiger partial charge in [0.2, 0.25) is 5.91 Å². The Balaban J connectivity index is 1.25. The Morgan fingerprint density at radius 1 is 1.12 bits per heavy atom. The molecule has 0 spiro atoms. The van der Waals surface area contributed by atoms with Gasteiger partial charge < -0.3 is 15.1 Å². The van der Waals surface area contributed by atoms with Crippen molar-refractivity contribution < 1.29 is 14.3 Å². The summed E-state index contributed by atoms with van der Waals surface area (Å²) in [4.78, 5) is 27.3. The third-order valence-electron chi connectivity index (χ3n) is 6.63. The SMILES string of the molecule is COc1ccc(C2CC3C4NN(CC(=O)Nc5cccc(C)c5C)C(=O)N4C=CN3N2)cc1. The molecule has 2 fully saturated rings. The third-order valence-corrected chi connectivity index (χ3v) is 6.63. The van der Waals surface area contributed by atoms with E-state index in [0.717, 1.165) is 34.5 Å². The van der Waals surface area contributed by atoms with E-state index in [0.29, 0.717) is 0 Å². The fraction of sp³-hybridized carbons (Fsp3) is 0.333. The molecular formula is C24H28N6O3. The number of nitrogens with zero attached hydrogens (tertiary/aromatic N) is 3. The highest BCUT2D eigenvalue weighted by molar-refractivity contribution is 5.95. The number of hydrogen-bond donors (Lipinski definition) is 3. The van der Waals surface area contributed by atoms with Crippen molar-refractivity contribution >= 4 is 17.6 Å². The predicted molar refractivity (Wildman–Crippen MR) is 124 cm³/mol. The van der Waals surface area contributed by atoms with E-state index in [1.807, 2.05) is 67.5 Å². The summed E-state index contributed by atoms with van der Waals surface area (Å²) < 4.78 is 5.25. The van der Waals surface area contributed by atoms with Crippen molar-refractivity contribution in [1.29, 1.82) is 0 Å². The van der Waals surface area contributed by atoms with Crippen LogP contribution >= 0.6 is 0 Å². The van der Waals surface area contributed by atoms with E-state index < -0.39 is 0 Å². The van der Waals surface area contributed by atoms with Crippen molar-refractivity contribution in [3.05, 3.63) is 71.6 Å². The molecule has 3 amide bonds. The van der Waals surface area contributed by atoms with Gasteiger partial charge in [-0.05, 0) is 55.2 Å². The highest BCUT2D eigenvalue weighted by atomic mass is 16.5. The van der Waals surface area contributed by atoms with Crippen molar-refractivity contribution in [3.8, 4) is 5.75 Å². The van der Waals surface area contributed by atoms with E-state index in [4.69, 9.17) is 4.74 Å². The zero-order chi connectivity index (χ0) is 23.1. The molecule has 2 aromatic rings. The van der Waals surface area contributed by atoms with Crippen LogP contribution in [0.4, 0.5) is 10.5 Å². The Kier molecular flexibility index (Phi) is 5.43. The largest absolute Gasteiger partial charge is 0.497 e. The summed E-state index contributed by atoms with van der Waals surface area (Å²) >= 11 is 0. The molecule has 0 saturated carbocycles. The molecule has 3 atom stereocenters. The average molecular weight is 449 g/mol. The zero-order valence-corrected chi connectivity index (χ0v) is 18.9. The molecule has 0 bridgehead atoms. The van der Waals surface area contributed by atoms with Gasteiger partial charge in [-0.15, -0.1) is 0 Å². The molecule has 2 saturated heterocycles. The first-order chi connectivity index (χ1) is 15.9. The Morgan fingerprint density at radius 2 is 1.91 bits per heavy atom. The Morgan fingerprint density at radius 3 is 2.67 bits per heavy atom. The number of carbonyl (C=O) groups is 2. The summed E-state index contributed by atoms with van der Waals surface area (Å²) in [6, 6.07) is 13.7. The van der Waals surface area contributed by atoms with E-state index >= 15 is 0 Å². The maximum absolute atomic E-state index is 13.0. The first kappa shape index (κ1) is 21.3. The molecule has 0 radical (unpaired) electrons. The van der Waals surface area contributed by atoms with Crippen LogP contribution in [0.3, 0.4) is 0 Å². The highest BCUT2D eigenvalue weighted by Gasteiger charge is 2.48. The predicted octanol–water partition coefficient (Wildman–Crippen LogP) is 2.62. The van der Waals surface area contributed by atoms with Crippen LogP contribution in [0, 0.1) is 13.8 Å².